The molecule has 2 aromatic rings. The van der Waals surface area contributed by atoms with Crippen molar-refractivity contribution < 1.29 is 0 Å². The average molecular weight is 369 g/mol. The first-order chi connectivity index (χ1) is 12.5. The zero-order valence-corrected chi connectivity index (χ0v) is 16.8. The van der Waals surface area contributed by atoms with Crippen molar-refractivity contribution in [2.45, 2.75) is 57.0 Å². The second-order valence-electron chi connectivity index (χ2n) is 7.11. The summed E-state index contributed by atoms with van der Waals surface area (Å²) in [5.41, 5.74) is 4.22. The van der Waals surface area contributed by atoms with Gasteiger partial charge in [-0.3, -0.25) is 4.90 Å². The minimum atomic E-state index is 0.368. The molecule has 3 unspecified atom stereocenters. The Balaban J connectivity index is 0.000000758. The van der Waals surface area contributed by atoms with Crippen LogP contribution in [-0.4, -0.2) is 23.4 Å². The lowest BCUT2D eigenvalue weighted by Gasteiger charge is -2.25. The molecule has 3 rings (SSSR count). The van der Waals surface area contributed by atoms with Gasteiger partial charge in [0.05, 0.1) is 6.07 Å². The third kappa shape index (κ3) is 6.48. The number of nitriles is 1. The minimum absolute atomic E-state index is 0.368. The standard InChI is InChI=1S/C21H26ClN.C2H3N/c1-16(23(2)15-18-6-4-3-5-7-18)8-9-17-10-12-19(13-11-17)20-14-21(20)22;1-2-3/h3-7,10-13,16,20-21H,8-9,14-15H2,1-2H3;1H3. The third-order valence-corrected chi connectivity index (χ3v) is 5.48. The van der Waals surface area contributed by atoms with Gasteiger partial charge < -0.3 is 0 Å². The number of halogens is 1. The number of benzene rings is 2. The van der Waals surface area contributed by atoms with Crippen molar-refractivity contribution >= 4 is 11.6 Å². The van der Waals surface area contributed by atoms with Gasteiger partial charge in [0.25, 0.3) is 0 Å². The van der Waals surface area contributed by atoms with Crippen LogP contribution in [0.25, 0.3) is 0 Å². The first-order valence-corrected chi connectivity index (χ1v) is 9.76. The molecule has 1 fully saturated rings. The highest BCUT2D eigenvalue weighted by Crippen LogP contribution is 2.45. The van der Waals surface area contributed by atoms with Gasteiger partial charge in [-0.05, 0) is 49.9 Å². The van der Waals surface area contributed by atoms with Gasteiger partial charge in [-0.15, -0.1) is 11.6 Å². The Kier molecular flexibility index (Phi) is 8.16. The van der Waals surface area contributed by atoms with Crippen molar-refractivity contribution in [2.75, 3.05) is 7.05 Å². The molecule has 0 saturated heterocycles. The number of rotatable bonds is 7. The predicted molar refractivity (Wildman–Crippen MR) is 110 cm³/mol. The molecule has 0 spiro atoms. The Hall–Kier alpha value is -1.82. The van der Waals surface area contributed by atoms with E-state index in [4.69, 9.17) is 16.9 Å². The second kappa shape index (κ2) is 10.4. The van der Waals surface area contributed by atoms with Crippen LogP contribution in [0.3, 0.4) is 0 Å². The molecule has 3 heteroatoms. The lowest BCUT2D eigenvalue weighted by molar-refractivity contribution is 0.238. The van der Waals surface area contributed by atoms with Gasteiger partial charge in [-0.2, -0.15) is 5.26 Å². The summed E-state index contributed by atoms with van der Waals surface area (Å²) in [6, 6.07) is 22.1. The van der Waals surface area contributed by atoms with E-state index in [-0.39, 0.29) is 0 Å². The fourth-order valence-electron chi connectivity index (χ4n) is 3.06. The van der Waals surface area contributed by atoms with Gasteiger partial charge in [0.2, 0.25) is 0 Å². The highest BCUT2D eigenvalue weighted by Gasteiger charge is 2.36. The molecule has 1 aliphatic carbocycles. The topological polar surface area (TPSA) is 27.0 Å². The zero-order valence-electron chi connectivity index (χ0n) is 16.0. The predicted octanol–water partition coefficient (Wildman–Crippen LogP) is 5.76. The van der Waals surface area contributed by atoms with Crippen molar-refractivity contribution in [3.8, 4) is 6.07 Å². The summed E-state index contributed by atoms with van der Waals surface area (Å²) in [5.74, 6) is 0.599. The molecule has 0 N–H and O–H groups in total. The van der Waals surface area contributed by atoms with E-state index in [9.17, 15) is 0 Å². The molecule has 26 heavy (non-hydrogen) atoms. The number of alkyl halides is 1. The lowest BCUT2D eigenvalue weighted by Crippen LogP contribution is -2.28. The molecule has 0 aromatic heterocycles. The van der Waals surface area contributed by atoms with Crippen molar-refractivity contribution in [3.05, 3.63) is 71.3 Å². The molecule has 0 amide bonds. The van der Waals surface area contributed by atoms with Crippen LogP contribution in [-0.2, 0) is 13.0 Å². The van der Waals surface area contributed by atoms with E-state index >= 15 is 0 Å². The average Bonchev–Trinajstić information content (AvgIpc) is 3.38. The second-order valence-corrected chi connectivity index (χ2v) is 7.67. The molecule has 2 nitrogen and oxygen atoms in total. The van der Waals surface area contributed by atoms with Crippen LogP contribution in [0.5, 0.6) is 0 Å². The molecule has 0 heterocycles. The molecule has 1 saturated carbocycles. The fourth-order valence-corrected chi connectivity index (χ4v) is 3.40. The van der Waals surface area contributed by atoms with E-state index in [1.807, 2.05) is 0 Å². The van der Waals surface area contributed by atoms with Crippen LogP contribution in [0, 0.1) is 11.3 Å². The minimum Gasteiger partial charge on any atom is -0.299 e. The molecule has 138 valence electrons. The summed E-state index contributed by atoms with van der Waals surface area (Å²) >= 11 is 6.12. The maximum atomic E-state index is 7.32. The van der Waals surface area contributed by atoms with Gasteiger partial charge >= 0.3 is 0 Å². The number of aryl methyl sites for hydroxylation is 1. The maximum Gasteiger partial charge on any atom is 0.0587 e. The van der Waals surface area contributed by atoms with Gasteiger partial charge in [0, 0.05) is 30.8 Å². The first kappa shape index (κ1) is 20.5. The zero-order chi connectivity index (χ0) is 18.9. The number of nitrogens with zero attached hydrogens (tertiary/aromatic N) is 2. The van der Waals surface area contributed by atoms with Crippen LogP contribution in [0.15, 0.2) is 54.6 Å². The van der Waals surface area contributed by atoms with Gasteiger partial charge in [-0.25, -0.2) is 0 Å². The maximum absolute atomic E-state index is 7.32. The van der Waals surface area contributed by atoms with E-state index in [2.05, 4.69) is 73.5 Å². The van der Waals surface area contributed by atoms with E-state index in [1.165, 1.54) is 30.0 Å². The SMILES string of the molecule is CC#N.CC(CCc1ccc(C2CC2Cl)cc1)N(C)Cc1ccccc1. The summed E-state index contributed by atoms with van der Waals surface area (Å²) in [4.78, 5) is 2.44. The number of hydrogen-bond donors (Lipinski definition) is 0. The molecule has 3 atom stereocenters. The van der Waals surface area contributed by atoms with Crippen LogP contribution in [0.1, 0.15) is 49.3 Å². The molecule has 0 aliphatic heterocycles. The van der Waals surface area contributed by atoms with Gasteiger partial charge in [0.1, 0.15) is 0 Å². The fraction of sp³-hybridized carbons (Fsp3) is 0.435. The van der Waals surface area contributed by atoms with Crippen molar-refractivity contribution in [1.82, 2.24) is 4.90 Å². The summed E-state index contributed by atoms with van der Waals surface area (Å²) in [5, 5.41) is 7.69. The van der Waals surface area contributed by atoms with E-state index in [0.29, 0.717) is 17.3 Å². The Labute approximate surface area is 163 Å². The van der Waals surface area contributed by atoms with E-state index < -0.39 is 0 Å². The monoisotopic (exact) mass is 368 g/mol. The Bertz CT molecular complexity index is 690. The first-order valence-electron chi connectivity index (χ1n) is 9.33. The summed E-state index contributed by atoms with van der Waals surface area (Å²) in [6.07, 6.45) is 3.46. The summed E-state index contributed by atoms with van der Waals surface area (Å²) in [6.45, 7) is 4.76. The van der Waals surface area contributed by atoms with Crippen LogP contribution in [0.2, 0.25) is 0 Å². The number of hydrogen-bond acceptors (Lipinski definition) is 2. The third-order valence-electron chi connectivity index (χ3n) is 5.00. The Morgan fingerprint density at radius 2 is 1.69 bits per heavy atom. The molecular formula is C23H29ClN2. The summed E-state index contributed by atoms with van der Waals surface area (Å²) < 4.78 is 0. The Morgan fingerprint density at radius 3 is 2.23 bits per heavy atom. The van der Waals surface area contributed by atoms with Crippen LogP contribution >= 0.6 is 11.6 Å². The highest BCUT2D eigenvalue weighted by molar-refractivity contribution is 6.23. The van der Waals surface area contributed by atoms with Crippen LogP contribution in [0.4, 0.5) is 0 Å². The molecule has 2 aromatic carbocycles. The molecule has 1 aliphatic rings. The quantitative estimate of drug-likeness (QED) is 0.580. The molecular weight excluding hydrogens is 340 g/mol. The van der Waals surface area contributed by atoms with Crippen molar-refractivity contribution in [3.63, 3.8) is 0 Å². The van der Waals surface area contributed by atoms with Gasteiger partial charge in [0.15, 0.2) is 0 Å². The molecule has 0 radical (unpaired) electrons. The van der Waals surface area contributed by atoms with E-state index in [1.54, 1.807) is 6.07 Å². The van der Waals surface area contributed by atoms with Crippen LogP contribution < -0.4 is 0 Å². The largest absolute Gasteiger partial charge is 0.299 e. The lowest BCUT2D eigenvalue weighted by atomic mass is 10.0. The van der Waals surface area contributed by atoms with Gasteiger partial charge in [-0.1, -0.05) is 54.6 Å². The summed E-state index contributed by atoms with van der Waals surface area (Å²) in [7, 11) is 2.22. The smallest absolute Gasteiger partial charge is 0.0587 e. The van der Waals surface area contributed by atoms with E-state index in [0.717, 1.165) is 19.4 Å². The Morgan fingerprint density at radius 1 is 1.12 bits per heavy atom. The van der Waals surface area contributed by atoms with Crippen molar-refractivity contribution in [1.29, 1.82) is 5.26 Å². The highest BCUT2D eigenvalue weighted by atomic mass is 35.5. The normalized spacial score (nSPS) is 19.2. The molecule has 0 bridgehead atoms. The van der Waals surface area contributed by atoms with Crippen molar-refractivity contribution in [2.24, 2.45) is 0 Å².